The smallest absolute Gasteiger partial charge is 0.233 e. The third-order valence-corrected chi connectivity index (χ3v) is 2.69. The second-order valence-corrected chi connectivity index (χ2v) is 3.74. The van der Waals surface area contributed by atoms with Gasteiger partial charge >= 0.3 is 0 Å². The van der Waals surface area contributed by atoms with E-state index in [9.17, 15) is 4.79 Å². The second-order valence-electron chi connectivity index (χ2n) is 3.74. The van der Waals surface area contributed by atoms with Gasteiger partial charge in [0.25, 0.3) is 0 Å². The first-order valence-corrected chi connectivity index (χ1v) is 5.27. The molecule has 1 amide bonds. The van der Waals surface area contributed by atoms with Crippen molar-refractivity contribution in [3.8, 4) is 0 Å². The Kier molecular flexibility index (Phi) is 4.83. The van der Waals surface area contributed by atoms with Crippen LogP contribution in [0, 0.1) is 0 Å². The number of hydrogen-bond acceptors (Lipinski definition) is 2. The van der Waals surface area contributed by atoms with Gasteiger partial charge in [0.15, 0.2) is 0 Å². The molecule has 0 atom stereocenters. The maximum Gasteiger partial charge on any atom is 0.233 e. The summed E-state index contributed by atoms with van der Waals surface area (Å²) in [4.78, 5) is 11.0. The van der Waals surface area contributed by atoms with Crippen LogP contribution >= 0.6 is 0 Å². The molecule has 0 aromatic rings. The summed E-state index contributed by atoms with van der Waals surface area (Å²) in [6.07, 6.45) is 7.81. The molecule has 1 aliphatic carbocycles. The van der Waals surface area contributed by atoms with Gasteiger partial charge in [0.05, 0.1) is 6.54 Å². The Morgan fingerprint density at radius 3 is 2.38 bits per heavy atom. The fourth-order valence-electron chi connectivity index (χ4n) is 1.81. The normalized spacial score (nSPS) is 19.5. The monoisotopic (exact) mass is 184 g/mol. The van der Waals surface area contributed by atoms with E-state index >= 15 is 0 Å². The predicted molar refractivity (Wildman–Crippen MR) is 53.6 cm³/mol. The van der Waals surface area contributed by atoms with Crippen LogP contribution in [0.25, 0.3) is 0 Å². The van der Waals surface area contributed by atoms with Gasteiger partial charge < -0.3 is 10.6 Å². The molecule has 3 nitrogen and oxygen atoms in total. The zero-order valence-corrected chi connectivity index (χ0v) is 8.44. The van der Waals surface area contributed by atoms with Crippen molar-refractivity contribution in [1.29, 1.82) is 0 Å². The highest BCUT2D eigenvalue weighted by atomic mass is 16.1. The van der Waals surface area contributed by atoms with E-state index in [2.05, 4.69) is 10.6 Å². The number of carbonyl (C=O) groups excluding carboxylic acids is 1. The highest BCUT2D eigenvalue weighted by Crippen LogP contribution is 2.16. The molecule has 1 saturated carbocycles. The topological polar surface area (TPSA) is 41.1 Å². The van der Waals surface area contributed by atoms with E-state index in [-0.39, 0.29) is 5.91 Å². The van der Waals surface area contributed by atoms with Crippen LogP contribution < -0.4 is 10.6 Å². The fourth-order valence-corrected chi connectivity index (χ4v) is 1.81. The Bertz CT molecular complexity index is 151. The third kappa shape index (κ3) is 4.27. The van der Waals surface area contributed by atoms with Gasteiger partial charge in [-0.25, -0.2) is 0 Å². The highest BCUT2D eigenvalue weighted by molar-refractivity contribution is 5.77. The maximum absolute atomic E-state index is 11.0. The van der Waals surface area contributed by atoms with E-state index in [0.717, 1.165) is 0 Å². The van der Waals surface area contributed by atoms with Crippen LogP contribution in [-0.4, -0.2) is 25.5 Å². The molecular formula is C10H20N2O. The Morgan fingerprint density at radius 1 is 1.23 bits per heavy atom. The molecular weight excluding hydrogens is 164 g/mol. The van der Waals surface area contributed by atoms with Gasteiger partial charge in [-0.15, -0.1) is 0 Å². The zero-order chi connectivity index (χ0) is 9.52. The van der Waals surface area contributed by atoms with Crippen molar-refractivity contribution in [2.75, 3.05) is 13.6 Å². The average molecular weight is 184 g/mol. The summed E-state index contributed by atoms with van der Waals surface area (Å²) in [5, 5.41) is 5.92. The predicted octanol–water partition coefficient (Wildman–Crippen LogP) is 1.04. The number of carbonyl (C=O) groups is 1. The molecule has 1 aliphatic rings. The molecule has 0 spiro atoms. The molecule has 2 N–H and O–H groups in total. The Balaban J connectivity index is 2.15. The van der Waals surface area contributed by atoms with Crippen molar-refractivity contribution < 1.29 is 4.79 Å². The lowest BCUT2D eigenvalue weighted by Crippen LogP contribution is -2.37. The molecule has 0 radical (unpaired) electrons. The molecule has 1 rings (SSSR count). The third-order valence-electron chi connectivity index (χ3n) is 2.69. The van der Waals surface area contributed by atoms with Crippen molar-refractivity contribution in [1.82, 2.24) is 10.6 Å². The number of rotatable bonds is 3. The highest BCUT2D eigenvalue weighted by Gasteiger charge is 2.11. The minimum absolute atomic E-state index is 0.0873. The minimum atomic E-state index is 0.0873. The molecule has 1 fully saturated rings. The molecule has 0 aromatic heterocycles. The van der Waals surface area contributed by atoms with E-state index in [1.54, 1.807) is 7.05 Å². The number of amides is 1. The standard InChI is InChI=1S/C10H20N2O/c1-11-10(13)8-12-9-6-4-2-3-5-7-9/h9,12H,2-8H2,1H3,(H,11,13). The SMILES string of the molecule is CNC(=O)CNC1CCCCCC1. The van der Waals surface area contributed by atoms with E-state index in [0.29, 0.717) is 12.6 Å². The lowest BCUT2D eigenvalue weighted by Gasteiger charge is -2.14. The van der Waals surface area contributed by atoms with Gasteiger partial charge in [-0.1, -0.05) is 25.7 Å². The van der Waals surface area contributed by atoms with Gasteiger partial charge in [0.2, 0.25) is 5.91 Å². The number of hydrogen-bond donors (Lipinski definition) is 2. The first-order valence-electron chi connectivity index (χ1n) is 5.27. The zero-order valence-electron chi connectivity index (χ0n) is 8.44. The molecule has 0 saturated heterocycles. The van der Waals surface area contributed by atoms with Crippen molar-refractivity contribution in [2.45, 2.75) is 44.6 Å². The molecule has 0 bridgehead atoms. The lowest BCUT2D eigenvalue weighted by molar-refractivity contribution is -0.119. The lowest BCUT2D eigenvalue weighted by atomic mass is 10.1. The van der Waals surface area contributed by atoms with Crippen molar-refractivity contribution in [3.63, 3.8) is 0 Å². The summed E-state index contributed by atoms with van der Waals surface area (Å²) < 4.78 is 0. The summed E-state index contributed by atoms with van der Waals surface area (Å²) in [6, 6.07) is 0.569. The Morgan fingerprint density at radius 2 is 1.85 bits per heavy atom. The number of nitrogens with one attached hydrogen (secondary N) is 2. The van der Waals surface area contributed by atoms with E-state index in [4.69, 9.17) is 0 Å². The molecule has 0 unspecified atom stereocenters. The van der Waals surface area contributed by atoms with Crippen molar-refractivity contribution in [3.05, 3.63) is 0 Å². The van der Waals surface area contributed by atoms with Crippen LogP contribution in [0.1, 0.15) is 38.5 Å². The van der Waals surface area contributed by atoms with Gasteiger partial charge in [-0.3, -0.25) is 4.79 Å². The minimum Gasteiger partial charge on any atom is -0.358 e. The quantitative estimate of drug-likeness (QED) is 0.644. The van der Waals surface area contributed by atoms with Crippen LogP contribution in [0.4, 0.5) is 0 Å². The summed E-state index contributed by atoms with van der Waals surface area (Å²) in [5.41, 5.74) is 0. The molecule has 0 heterocycles. The largest absolute Gasteiger partial charge is 0.358 e. The first kappa shape index (κ1) is 10.5. The van der Waals surface area contributed by atoms with Gasteiger partial charge in [-0.2, -0.15) is 0 Å². The number of likely N-dealkylation sites (N-methyl/N-ethyl adjacent to an activating group) is 1. The summed E-state index contributed by atoms with van der Waals surface area (Å²) in [7, 11) is 1.68. The average Bonchev–Trinajstić information content (AvgIpc) is 2.42. The summed E-state index contributed by atoms with van der Waals surface area (Å²) in [6.45, 7) is 0.473. The second kappa shape index (κ2) is 5.97. The summed E-state index contributed by atoms with van der Waals surface area (Å²) >= 11 is 0. The van der Waals surface area contributed by atoms with E-state index in [1.807, 2.05) is 0 Å². The maximum atomic E-state index is 11.0. The molecule has 76 valence electrons. The van der Waals surface area contributed by atoms with E-state index in [1.165, 1.54) is 38.5 Å². The van der Waals surface area contributed by atoms with Crippen LogP contribution in [0.5, 0.6) is 0 Å². The fraction of sp³-hybridized carbons (Fsp3) is 0.900. The van der Waals surface area contributed by atoms with Crippen LogP contribution in [-0.2, 0) is 4.79 Å². The molecule has 0 aromatic carbocycles. The van der Waals surface area contributed by atoms with Crippen LogP contribution in [0.2, 0.25) is 0 Å². The Labute approximate surface area is 80.3 Å². The summed E-state index contributed by atoms with van der Waals surface area (Å²) in [5.74, 6) is 0.0873. The van der Waals surface area contributed by atoms with Crippen molar-refractivity contribution in [2.24, 2.45) is 0 Å². The van der Waals surface area contributed by atoms with Crippen LogP contribution in [0.3, 0.4) is 0 Å². The molecule has 13 heavy (non-hydrogen) atoms. The van der Waals surface area contributed by atoms with E-state index < -0.39 is 0 Å². The Hall–Kier alpha value is -0.570. The first-order chi connectivity index (χ1) is 6.33. The van der Waals surface area contributed by atoms with Gasteiger partial charge in [0, 0.05) is 13.1 Å². The molecule has 0 aliphatic heterocycles. The van der Waals surface area contributed by atoms with Crippen LogP contribution in [0.15, 0.2) is 0 Å². The van der Waals surface area contributed by atoms with Gasteiger partial charge in [0.1, 0.15) is 0 Å². The molecule has 3 heteroatoms. The van der Waals surface area contributed by atoms with Gasteiger partial charge in [-0.05, 0) is 12.8 Å². The van der Waals surface area contributed by atoms with Crippen molar-refractivity contribution >= 4 is 5.91 Å².